The van der Waals surface area contributed by atoms with Crippen LogP contribution in [-0.4, -0.2) is 47.7 Å². The van der Waals surface area contributed by atoms with E-state index in [-0.39, 0.29) is 24.7 Å². The van der Waals surface area contributed by atoms with Gasteiger partial charge in [-0.15, -0.1) is 0 Å². The average molecular weight is 234 g/mol. The fraction of sp³-hybridized carbons (Fsp3) is 0.545. The van der Waals surface area contributed by atoms with Gasteiger partial charge in [-0.2, -0.15) is 0 Å². The number of nitrogens with one attached hydrogen (secondary N) is 1. The van der Waals surface area contributed by atoms with E-state index in [0.29, 0.717) is 12.5 Å². The molecule has 6 nitrogen and oxygen atoms in total. The minimum atomic E-state index is -0.0436. The van der Waals surface area contributed by atoms with Crippen molar-refractivity contribution in [3.8, 4) is 0 Å². The van der Waals surface area contributed by atoms with Gasteiger partial charge in [0.15, 0.2) is 0 Å². The van der Waals surface area contributed by atoms with Crippen LogP contribution < -0.4 is 10.2 Å². The number of ether oxygens (including phenoxy) is 1. The summed E-state index contributed by atoms with van der Waals surface area (Å²) in [5.74, 6) is 0.653. The van der Waals surface area contributed by atoms with Crippen molar-refractivity contribution in [2.75, 3.05) is 24.6 Å². The second-order valence-corrected chi connectivity index (χ2v) is 4.49. The van der Waals surface area contributed by atoms with Crippen molar-refractivity contribution in [2.24, 2.45) is 0 Å². The Balaban J connectivity index is 1.75. The molecule has 1 aromatic heterocycles. The fourth-order valence-corrected chi connectivity index (χ4v) is 2.22. The maximum absolute atomic E-state index is 11.2. The normalized spacial score (nSPS) is 27.8. The standard InChI is InChI=1S/C11H14N4O2/c1-7-2-12-11(13-3-7)15-4-8-9(5-15)17-6-10(16)14-8/h2-3,8-9H,4-6H2,1H3,(H,14,16)/t8-,9-/m1/s1. The predicted octanol–water partition coefficient (Wildman–Crippen LogP) is -0.511. The van der Waals surface area contributed by atoms with Crippen LogP contribution in [0.1, 0.15) is 5.56 Å². The van der Waals surface area contributed by atoms with E-state index < -0.39 is 0 Å². The number of aryl methyl sites for hydroxylation is 1. The first kappa shape index (κ1) is 10.5. The van der Waals surface area contributed by atoms with Gasteiger partial charge in [0, 0.05) is 25.5 Å². The first-order valence-electron chi connectivity index (χ1n) is 5.67. The molecule has 0 saturated carbocycles. The highest BCUT2D eigenvalue weighted by Gasteiger charge is 2.38. The number of morpholine rings is 1. The number of hydrogen-bond acceptors (Lipinski definition) is 5. The molecule has 2 aliphatic heterocycles. The number of fused-ring (bicyclic) bond motifs is 1. The van der Waals surface area contributed by atoms with Crippen LogP contribution in [0.3, 0.4) is 0 Å². The zero-order chi connectivity index (χ0) is 11.8. The topological polar surface area (TPSA) is 67.4 Å². The summed E-state index contributed by atoms with van der Waals surface area (Å²) >= 11 is 0. The molecule has 2 atom stereocenters. The zero-order valence-corrected chi connectivity index (χ0v) is 9.59. The summed E-state index contributed by atoms with van der Waals surface area (Å²) in [6, 6.07) is 0.0566. The molecule has 90 valence electrons. The molecule has 0 radical (unpaired) electrons. The molecule has 0 bridgehead atoms. The van der Waals surface area contributed by atoms with Gasteiger partial charge < -0.3 is 15.0 Å². The van der Waals surface area contributed by atoms with Crippen molar-refractivity contribution in [3.05, 3.63) is 18.0 Å². The Morgan fingerprint density at radius 2 is 2.18 bits per heavy atom. The van der Waals surface area contributed by atoms with Crippen LogP contribution in [0.2, 0.25) is 0 Å². The van der Waals surface area contributed by atoms with Crippen molar-refractivity contribution < 1.29 is 9.53 Å². The van der Waals surface area contributed by atoms with E-state index in [1.807, 2.05) is 11.8 Å². The lowest BCUT2D eigenvalue weighted by molar-refractivity contribution is -0.134. The van der Waals surface area contributed by atoms with Gasteiger partial charge in [-0.25, -0.2) is 9.97 Å². The van der Waals surface area contributed by atoms with Crippen LogP contribution >= 0.6 is 0 Å². The van der Waals surface area contributed by atoms with E-state index in [2.05, 4.69) is 15.3 Å². The number of aromatic nitrogens is 2. The smallest absolute Gasteiger partial charge is 0.246 e. The highest BCUT2D eigenvalue weighted by Crippen LogP contribution is 2.20. The third-order valence-electron chi connectivity index (χ3n) is 3.09. The van der Waals surface area contributed by atoms with Crippen LogP contribution in [0, 0.1) is 6.92 Å². The molecule has 2 saturated heterocycles. The van der Waals surface area contributed by atoms with Gasteiger partial charge in [-0.1, -0.05) is 0 Å². The minimum absolute atomic E-state index is 0.0436. The van der Waals surface area contributed by atoms with E-state index in [4.69, 9.17) is 4.74 Å². The van der Waals surface area contributed by atoms with Crippen molar-refractivity contribution >= 4 is 11.9 Å². The van der Waals surface area contributed by atoms with Gasteiger partial charge in [-0.3, -0.25) is 4.79 Å². The van der Waals surface area contributed by atoms with Crippen LogP contribution in [0.25, 0.3) is 0 Å². The molecule has 0 aliphatic carbocycles. The third kappa shape index (κ3) is 1.95. The Morgan fingerprint density at radius 3 is 2.94 bits per heavy atom. The summed E-state index contributed by atoms with van der Waals surface area (Å²) in [6.07, 6.45) is 3.64. The van der Waals surface area contributed by atoms with Gasteiger partial charge in [0.1, 0.15) is 6.61 Å². The largest absolute Gasteiger partial charge is 0.364 e. The van der Waals surface area contributed by atoms with E-state index in [1.165, 1.54) is 0 Å². The summed E-state index contributed by atoms with van der Waals surface area (Å²) in [5.41, 5.74) is 1.04. The summed E-state index contributed by atoms with van der Waals surface area (Å²) < 4.78 is 5.48. The predicted molar refractivity (Wildman–Crippen MR) is 60.7 cm³/mol. The van der Waals surface area contributed by atoms with Gasteiger partial charge >= 0.3 is 0 Å². The molecule has 2 fully saturated rings. The highest BCUT2D eigenvalue weighted by molar-refractivity contribution is 5.78. The zero-order valence-electron chi connectivity index (χ0n) is 9.59. The maximum atomic E-state index is 11.2. The Morgan fingerprint density at radius 1 is 1.41 bits per heavy atom. The Labute approximate surface area is 99.0 Å². The van der Waals surface area contributed by atoms with Crippen LogP contribution in [0.15, 0.2) is 12.4 Å². The number of carbonyl (C=O) groups is 1. The lowest BCUT2D eigenvalue weighted by Crippen LogP contribution is -2.50. The number of carbonyl (C=O) groups excluding carboxylic acids is 1. The lowest BCUT2D eigenvalue weighted by atomic mass is 10.2. The number of amides is 1. The Hall–Kier alpha value is -1.69. The second kappa shape index (κ2) is 3.96. The van der Waals surface area contributed by atoms with Crippen LogP contribution in [-0.2, 0) is 9.53 Å². The van der Waals surface area contributed by atoms with Crippen LogP contribution in [0.5, 0.6) is 0 Å². The quantitative estimate of drug-likeness (QED) is 0.708. The van der Waals surface area contributed by atoms with Gasteiger partial charge in [0.2, 0.25) is 11.9 Å². The average Bonchev–Trinajstić information content (AvgIpc) is 2.72. The van der Waals surface area contributed by atoms with E-state index >= 15 is 0 Å². The highest BCUT2D eigenvalue weighted by atomic mass is 16.5. The number of rotatable bonds is 1. The third-order valence-corrected chi connectivity index (χ3v) is 3.09. The van der Waals surface area contributed by atoms with E-state index in [0.717, 1.165) is 12.1 Å². The molecular weight excluding hydrogens is 220 g/mol. The first-order chi connectivity index (χ1) is 8.22. The molecular formula is C11H14N4O2. The molecule has 6 heteroatoms. The molecule has 2 aliphatic rings. The molecule has 3 rings (SSSR count). The molecule has 0 unspecified atom stereocenters. The molecule has 0 spiro atoms. The van der Waals surface area contributed by atoms with Gasteiger partial charge in [0.25, 0.3) is 0 Å². The fourth-order valence-electron chi connectivity index (χ4n) is 2.22. The molecule has 1 amide bonds. The maximum Gasteiger partial charge on any atom is 0.246 e. The van der Waals surface area contributed by atoms with Crippen molar-refractivity contribution in [2.45, 2.75) is 19.1 Å². The first-order valence-corrected chi connectivity index (χ1v) is 5.67. The summed E-state index contributed by atoms with van der Waals surface area (Å²) in [6.45, 7) is 3.55. The lowest BCUT2D eigenvalue weighted by Gasteiger charge is -2.24. The summed E-state index contributed by atoms with van der Waals surface area (Å²) in [7, 11) is 0. The monoisotopic (exact) mass is 234 g/mol. The minimum Gasteiger partial charge on any atom is -0.364 e. The number of hydrogen-bond donors (Lipinski definition) is 1. The van der Waals surface area contributed by atoms with Crippen molar-refractivity contribution in [1.82, 2.24) is 15.3 Å². The van der Waals surface area contributed by atoms with Crippen LogP contribution in [0.4, 0.5) is 5.95 Å². The number of anilines is 1. The van der Waals surface area contributed by atoms with E-state index in [9.17, 15) is 4.79 Å². The Kier molecular flexibility index (Phi) is 2.44. The molecule has 1 N–H and O–H groups in total. The summed E-state index contributed by atoms with van der Waals surface area (Å²) in [5, 5.41) is 2.93. The molecule has 1 aromatic rings. The molecule has 3 heterocycles. The SMILES string of the molecule is Cc1cnc(N2C[C@H]3NC(=O)CO[C@@H]3C2)nc1. The number of nitrogens with zero attached hydrogens (tertiary/aromatic N) is 3. The van der Waals surface area contributed by atoms with Gasteiger partial charge in [-0.05, 0) is 12.5 Å². The molecule has 17 heavy (non-hydrogen) atoms. The van der Waals surface area contributed by atoms with E-state index in [1.54, 1.807) is 12.4 Å². The van der Waals surface area contributed by atoms with Gasteiger partial charge in [0.05, 0.1) is 12.1 Å². The van der Waals surface area contributed by atoms with Crippen molar-refractivity contribution in [1.29, 1.82) is 0 Å². The molecule has 0 aromatic carbocycles. The van der Waals surface area contributed by atoms with Crippen molar-refractivity contribution in [3.63, 3.8) is 0 Å². The summed E-state index contributed by atoms with van der Waals surface area (Å²) in [4.78, 5) is 21.8. The second-order valence-electron chi connectivity index (χ2n) is 4.49. The Bertz CT molecular complexity index is 434.